The number of aryl methyl sites for hydroxylation is 1. The van der Waals surface area contributed by atoms with Crippen molar-refractivity contribution in [1.82, 2.24) is 43.6 Å². The number of halogens is 3. The maximum absolute atomic E-state index is 13.6. The minimum Gasteiger partial charge on any atom is -0.387 e. The van der Waals surface area contributed by atoms with Crippen molar-refractivity contribution in [2.45, 2.75) is 80.3 Å². The quantitative estimate of drug-likeness (QED) is 0.0248. The van der Waals surface area contributed by atoms with E-state index in [0.717, 1.165) is 41.2 Å². The number of nitrogens with one attached hydrogen (secondary N) is 2. The van der Waals surface area contributed by atoms with Crippen LogP contribution in [0, 0.1) is 5.92 Å². The summed E-state index contributed by atoms with van der Waals surface area (Å²) in [7, 11) is -21.4. The number of rotatable bonds is 22. The topological polar surface area (TPSA) is 516 Å². The van der Waals surface area contributed by atoms with Gasteiger partial charge in [-0.05, 0) is 6.42 Å². The monoisotopic (exact) mass is 1200 g/mol. The summed E-state index contributed by atoms with van der Waals surface area (Å²) < 4.78 is 151. The number of nitrogens with two attached hydrogens (primary N) is 2. The number of phosphoric acid groups is 4. The van der Waals surface area contributed by atoms with Crippen LogP contribution in [0.3, 0.4) is 0 Å². The van der Waals surface area contributed by atoms with Gasteiger partial charge in [-0.15, -0.1) is 13.2 Å². The van der Waals surface area contributed by atoms with Crippen molar-refractivity contribution in [3.05, 3.63) is 62.4 Å². The number of aromatic amines is 2. The first kappa shape index (κ1) is 59.3. The Morgan fingerprint density at radius 3 is 2.09 bits per heavy atom. The van der Waals surface area contributed by atoms with Crippen LogP contribution in [0.5, 0.6) is 0 Å². The molecule has 0 radical (unpaired) electrons. The molecule has 3 aliphatic rings. The van der Waals surface area contributed by atoms with E-state index in [0.29, 0.717) is 4.57 Å². The largest absolute Gasteiger partial charge is 0.522 e. The van der Waals surface area contributed by atoms with Gasteiger partial charge in [-0.1, -0.05) is 4.98 Å². The van der Waals surface area contributed by atoms with Crippen molar-refractivity contribution in [2.75, 3.05) is 45.0 Å². The van der Waals surface area contributed by atoms with Gasteiger partial charge in [0, 0.05) is 25.3 Å². The van der Waals surface area contributed by atoms with E-state index in [-0.39, 0.29) is 34.1 Å². The number of nitrogens with zero attached hydrogens (tertiary/aromatic N) is 8. The highest BCUT2D eigenvalue weighted by molar-refractivity contribution is 7.66. The van der Waals surface area contributed by atoms with Crippen LogP contribution in [0.25, 0.3) is 22.3 Å². The molecule has 3 fully saturated rings. The zero-order chi connectivity index (χ0) is 57.0. The van der Waals surface area contributed by atoms with Crippen molar-refractivity contribution < 1.29 is 121 Å². The number of aromatic nitrogens is 10. The van der Waals surface area contributed by atoms with Crippen LogP contribution >= 0.6 is 31.3 Å². The zero-order valence-corrected chi connectivity index (χ0v) is 43.1. The van der Waals surface area contributed by atoms with Gasteiger partial charge in [0.25, 0.3) is 17.1 Å². The van der Waals surface area contributed by atoms with Crippen LogP contribution < -0.4 is 32.8 Å². The van der Waals surface area contributed by atoms with Crippen molar-refractivity contribution in [2.24, 2.45) is 13.0 Å². The van der Waals surface area contributed by atoms with Crippen LogP contribution in [-0.4, -0.2) is 167 Å². The third-order valence-electron chi connectivity index (χ3n) is 11.9. The molecule has 37 nitrogen and oxygen atoms in total. The van der Waals surface area contributed by atoms with Gasteiger partial charge in [-0.3, -0.25) is 56.1 Å². The highest BCUT2D eigenvalue weighted by Crippen LogP contribution is 2.68. The fourth-order valence-corrected chi connectivity index (χ4v) is 13.0. The van der Waals surface area contributed by atoms with E-state index in [1.165, 1.54) is 17.9 Å². The summed E-state index contributed by atoms with van der Waals surface area (Å²) in [6.07, 6.45) is -20.7. The summed E-state index contributed by atoms with van der Waals surface area (Å²) in [5.74, 6) is -1.97. The molecule has 44 heteroatoms. The molecular weight excluding hydrogens is 1160 g/mol. The van der Waals surface area contributed by atoms with Crippen LogP contribution in [-0.2, 0) is 75.7 Å². The van der Waals surface area contributed by atoms with Crippen LogP contribution in [0.1, 0.15) is 25.1 Å². The average molecular weight is 1200 g/mol. The lowest BCUT2D eigenvalue weighted by atomic mass is 9.95. The number of H-pyrrole nitrogens is 2. The Morgan fingerprint density at radius 1 is 0.795 bits per heavy atom. The fraction of sp³-hybridized carbons (Fsp3) is 0.588. The molecule has 78 heavy (non-hydrogen) atoms. The lowest BCUT2D eigenvalue weighted by Gasteiger charge is -2.26. The summed E-state index contributed by atoms with van der Waals surface area (Å²) in [6, 6.07) is 0.904. The molecule has 3 saturated heterocycles. The third-order valence-corrected chi connectivity index (χ3v) is 17.1. The molecule has 5 aromatic heterocycles. The number of nitrogen functional groups attached to an aromatic ring is 2. The fourth-order valence-electron chi connectivity index (χ4n) is 8.54. The number of phosphoric ester groups is 3. The molecule has 16 atom stereocenters. The lowest BCUT2D eigenvalue weighted by molar-refractivity contribution is -0.745. The molecule has 3 aliphatic heterocycles. The van der Waals surface area contributed by atoms with Gasteiger partial charge < -0.3 is 65.3 Å². The first-order chi connectivity index (χ1) is 36.4. The van der Waals surface area contributed by atoms with Crippen molar-refractivity contribution in [3.8, 4) is 0 Å². The highest BCUT2D eigenvalue weighted by atomic mass is 31.3. The van der Waals surface area contributed by atoms with Crippen LogP contribution in [0.15, 0.2) is 45.6 Å². The number of hydrogen-bond acceptors (Lipinski definition) is 27. The maximum Gasteiger partial charge on any atom is 0.522 e. The van der Waals surface area contributed by atoms with E-state index < -0.39 is 161 Å². The molecule has 0 aromatic carbocycles. The molecule has 432 valence electrons. The van der Waals surface area contributed by atoms with E-state index in [4.69, 9.17) is 48.5 Å². The predicted molar refractivity (Wildman–Crippen MR) is 242 cm³/mol. The SMILES string of the molecule is CO[C@@H]1[C@H](OP(=O)(O)OC[C@H]2O[C@@H](n3ccc(=O)[nH]c3=O)[C@H](O)[C@@H]2O)[C@@H](COP(=O)(O)OP(=O)(O)OP(=O)(O)OC[C@H]2O[C@@H]([n+]3cn(C)c4c(=O)[nH]c(N)nc43)[C@H](O)[C@@H]2CCOC(F)(F)F)O[C@H]1n1cnc2c(N)ncnc21. The van der Waals surface area contributed by atoms with Gasteiger partial charge in [0.1, 0.15) is 54.6 Å². The first-order valence-corrected chi connectivity index (χ1v) is 28.0. The first-order valence-electron chi connectivity index (χ1n) is 22.0. The Morgan fingerprint density at radius 2 is 1.44 bits per heavy atom. The Labute approximate surface area is 430 Å². The van der Waals surface area contributed by atoms with Gasteiger partial charge >= 0.3 is 49.0 Å². The van der Waals surface area contributed by atoms with E-state index in [9.17, 15) is 80.7 Å². The number of methoxy groups -OCH3 is 1. The summed E-state index contributed by atoms with van der Waals surface area (Å²) in [4.78, 5) is 99.2. The third kappa shape index (κ3) is 13.2. The number of aliphatic hydroxyl groups is 3. The minimum atomic E-state index is -6.32. The molecule has 13 N–H and O–H groups in total. The molecular formula is C34H46F3N12O25P4+. The maximum atomic E-state index is 13.6. The number of hydrogen-bond donors (Lipinski definition) is 11. The second kappa shape index (κ2) is 22.6. The van der Waals surface area contributed by atoms with E-state index in [1.54, 1.807) is 0 Å². The standard InChI is InChI=1S/C34H45F3N12O25P4/c1-46-12-49(27-19(46)28(54)45-32(39)44-27)29-20(51)13(4-6-65-34(35,36)37)14(69-29)7-67-76(58,59)73-78(62,63)74-77(60,61)68-9-16-23(24(64-2)31(71-16)48-11-42-18-25(38)40-10-41-26(18)48)72-75(56,57)66-8-15-21(52)22(53)30(70-15)47-5-3-17(50)43-33(47)55/h3,5,10-16,20-24,29-31,51-53H,4,6-9H2,1-2H3,(H9-,38,39,40,41,43,44,45,50,54,55,56,57,58,59,60,61,62,63)/p+1/t13-,14-,15-,16-,20-,21-,22-,23-,24-,29-,30-,31-/m1/s1. The average Bonchev–Trinajstić information content (AvgIpc) is 4.21. The van der Waals surface area contributed by atoms with Gasteiger partial charge in [0.05, 0.1) is 45.9 Å². The highest BCUT2D eigenvalue weighted by Gasteiger charge is 2.54. The molecule has 5 aromatic rings. The molecule has 0 saturated carbocycles. The summed E-state index contributed by atoms with van der Waals surface area (Å²) >= 11 is 0. The van der Waals surface area contributed by atoms with Crippen LogP contribution in [0.2, 0.25) is 0 Å². The summed E-state index contributed by atoms with van der Waals surface area (Å²) in [5.41, 5.74) is 8.67. The van der Waals surface area contributed by atoms with Gasteiger partial charge in [0.2, 0.25) is 11.7 Å². The summed E-state index contributed by atoms with van der Waals surface area (Å²) in [6.45, 7) is -4.71. The zero-order valence-electron chi connectivity index (χ0n) is 39.5. The molecule has 0 bridgehead atoms. The number of ether oxygens (including phenoxy) is 5. The van der Waals surface area contributed by atoms with E-state index >= 15 is 0 Å². The van der Waals surface area contributed by atoms with Crippen LogP contribution in [0.4, 0.5) is 24.9 Å². The Kier molecular flexibility index (Phi) is 17.2. The Balaban J connectivity index is 0.948. The molecule has 0 aliphatic carbocycles. The minimum absolute atomic E-state index is 0.0105. The molecule has 0 amide bonds. The predicted octanol–water partition coefficient (Wildman–Crippen LogP) is -2.69. The molecule has 0 spiro atoms. The second-order valence-corrected chi connectivity index (χ2v) is 23.0. The second-order valence-electron chi connectivity index (χ2n) is 17.0. The van der Waals surface area contributed by atoms with E-state index in [1.807, 2.05) is 4.98 Å². The summed E-state index contributed by atoms with van der Waals surface area (Å²) in [5, 5.41) is 32.5. The van der Waals surface area contributed by atoms with Crippen molar-refractivity contribution in [3.63, 3.8) is 0 Å². The van der Waals surface area contributed by atoms with Gasteiger partial charge in [0.15, 0.2) is 30.2 Å². The Bertz CT molecular complexity index is 3400. The number of alkyl halides is 3. The van der Waals surface area contributed by atoms with E-state index in [2.05, 4.69) is 38.3 Å². The number of imidazole rings is 2. The molecule has 4 unspecified atom stereocenters. The molecule has 8 rings (SSSR count). The van der Waals surface area contributed by atoms with Gasteiger partial charge in [-0.2, -0.15) is 8.62 Å². The lowest BCUT2D eigenvalue weighted by Crippen LogP contribution is -2.45. The smallest absolute Gasteiger partial charge is 0.387 e. The van der Waals surface area contributed by atoms with Crippen molar-refractivity contribution >= 4 is 65.4 Å². The number of fused-ring (bicyclic) bond motifs is 2. The normalized spacial score (nSPS) is 29.9. The number of anilines is 2. The molecule has 8 heterocycles. The van der Waals surface area contributed by atoms with Gasteiger partial charge in [-0.25, -0.2) is 42.6 Å². The van der Waals surface area contributed by atoms with Crippen molar-refractivity contribution in [1.29, 1.82) is 0 Å². The Hall–Kier alpha value is -4.83. The number of aliphatic hydroxyl groups excluding tert-OH is 3.